The summed E-state index contributed by atoms with van der Waals surface area (Å²) in [4.78, 5) is 6.91. The van der Waals surface area contributed by atoms with Crippen molar-refractivity contribution in [2.24, 2.45) is 0 Å². The molecule has 0 aliphatic carbocycles. The molecule has 4 heteroatoms. The molecule has 0 radical (unpaired) electrons. The number of nitrogens with zero attached hydrogens (tertiary/aromatic N) is 3. The number of benzene rings is 1. The van der Waals surface area contributed by atoms with E-state index in [1.54, 1.807) is 11.3 Å². The summed E-state index contributed by atoms with van der Waals surface area (Å²) in [5.41, 5.74) is 4.42. The monoisotopic (exact) mass is 309 g/mol. The molecule has 112 valence electrons. The normalized spacial score (nSPS) is 11.8. The first kappa shape index (κ1) is 14.8. The van der Waals surface area contributed by atoms with Gasteiger partial charge in [-0.25, -0.2) is 4.98 Å². The minimum Gasteiger partial charge on any atom is -0.293 e. The van der Waals surface area contributed by atoms with Crippen molar-refractivity contribution < 1.29 is 0 Å². The molecule has 0 unspecified atom stereocenters. The lowest BCUT2D eigenvalue weighted by Crippen LogP contribution is -2.10. The van der Waals surface area contributed by atoms with E-state index in [1.165, 1.54) is 10.4 Å². The van der Waals surface area contributed by atoms with Gasteiger partial charge in [0.25, 0.3) is 0 Å². The number of fused-ring (bicyclic) bond motifs is 1. The predicted molar refractivity (Wildman–Crippen MR) is 91.3 cm³/mol. The smallest absolute Gasteiger partial charge is 0.194 e. The number of imidazole rings is 1. The van der Waals surface area contributed by atoms with Crippen LogP contribution in [0.25, 0.3) is 16.2 Å². The van der Waals surface area contributed by atoms with Crippen molar-refractivity contribution in [3.05, 3.63) is 46.6 Å². The van der Waals surface area contributed by atoms with E-state index in [-0.39, 0.29) is 5.41 Å². The molecule has 2 aromatic heterocycles. The van der Waals surface area contributed by atoms with Gasteiger partial charge >= 0.3 is 0 Å². The maximum atomic E-state index is 9.14. The number of nitriles is 1. The van der Waals surface area contributed by atoms with Gasteiger partial charge in [-0.3, -0.25) is 4.40 Å². The van der Waals surface area contributed by atoms with Crippen LogP contribution in [0.5, 0.6) is 0 Å². The van der Waals surface area contributed by atoms with E-state index in [0.717, 1.165) is 21.9 Å². The molecule has 2 heterocycles. The summed E-state index contributed by atoms with van der Waals surface area (Å²) in [6, 6.07) is 10.8. The molecule has 0 bridgehead atoms. The highest BCUT2D eigenvalue weighted by atomic mass is 32.1. The number of thiazole rings is 1. The zero-order valence-corrected chi connectivity index (χ0v) is 14.2. The minimum absolute atomic E-state index is 0.139. The molecule has 0 spiro atoms. The van der Waals surface area contributed by atoms with Gasteiger partial charge in [-0.2, -0.15) is 5.26 Å². The van der Waals surface area contributed by atoms with Crippen LogP contribution in [-0.4, -0.2) is 9.38 Å². The molecule has 0 amide bonds. The molecule has 22 heavy (non-hydrogen) atoms. The molecule has 3 aromatic rings. The number of aryl methyl sites for hydroxylation is 1. The van der Waals surface area contributed by atoms with Gasteiger partial charge in [0.05, 0.1) is 23.9 Å². The molecule has 0 saturated heterocycles. The van der Waals surface area contributed by atoms with Crippen LogP contribution in [-0.2, 0) is 11.8 Å². The first-order valence-corrected chi connectivity index (χ1v) is 8.17. The Labute approximate surface area is 134 Å². The standard InChI is InChI=1S/C18H19N3S/c1-12-11-21-15(9-10-19)16(20-17(21)22-12)13-5-7-14(8-6-13)18(2,3)4/h5-8,11H,9H2,1-4H3. The van der Waals surface area contributed by atoms with Crippen LogP contribution in [0.3, 0.4) is 0 Å². The third-order valence-electron chi connectivity index (χ3n) is 3.81. The molecule has 0 aliphatic heterocycles. The van der Waals surface area contributed by atoms with E-state index < -0.39 is 0 Å². The van der Waals surface area contributed by atoms with E-state index in [0.29, 0.717) is 6.42 Å². The second kappa shape index (κ2) is 5.26. The van der Waals surface area contributed by atoms with Crippen molar-refractivity contribution in [1.29, 1.82) is 5.26 Å². The quantitative estimate of drug-likeness (QED) is 0.686. The Bertz CT molecular complexity index is 855. The van der Waals surface area contributed by atoms with Gasteiger partial charge in [0.1, 0.15) is 0 Å². The zero-order valence-electron chi connectivity index (χ0n) is 13.3. The molecule has 0 atom stereocenters. The minimum atomic E-state index is 0.139. The molecule has 3 rings (SSSR count). The lowest BCUT2D eigenvalue weighted by atomic mass is 9.86. The highest BCUT2D eigenvalue weighted by Gasteiger charge is 2.17. The van der Waals surface area contributed by atoms with Gasteiger partial charge in [-0.05, 0) is 17.9 Å². The van der Waals surface area contributed by atoms with E-state index in [2.05, 4.69) is 68.6 Å². The summed E-state index contributed by atoms with van der Waals surface area (Å²) in [5.74, 6) is 0. The first-order chi connectivity index (χ1) is 10.4. The van der Waals surface area contributed by atoms with Crippen molar-refractivity contribution in [2.45, 2.75) is 39.5 Å². The van der Waals surface area contributed by atoms with Gasteiger partial charge in [-0.1, -0.05) is 45.0 Å². The van der Waals surface area contributed by atoms with Crippen LogP contribution in [0.1, 0.15) is 36.9 Å². The van der Waals surface area contributed by atoms with Crippen LogP contribution in [0.15, 0.2) is 30.5 Å². The molecule has 1 aromatic carbocycles. The Morgan fingerprint density at radius 3 is 2.50 bits per heavy atom. The number of aromatic nitrogens is 2. The SMILES string of the molecule is Cc1cn2c(CC#N)c(-c3ccc(C(C)(C)C)cc3)nc2s1. The van der Waals surface area contributed by atoms with Gasteiger partial charge in [0.2, 0.25) is 0 Å². The van der Waals surface area contributed by atoms with Gasteiger partial charge in [0, 0.05) is 16.6 Å². The lowest BCUT2D eigenvalue weighted by Gasteiger charge is -2.19. The molecule has 0 N–H and O–H groups in total. The summed E-state index contributed by atoms with van der Waals surface area (Å²) >= 11 is 1.66. The van der Waals surface area contributed by atoms with E-state index in [1.807, 2.05) is 0 Å². The Morgan fingerprint density at radius 2 is 1.91 bits per heavy atom. The summed E-state index contributed by atoms with van der Waals surface area (Å²) < 4.78 is 2.05. The van der Waals surface area contributed by atoms with Gasteiger partial charge < -0.3 is 0 Å². The molecule has 0 aliphatic rings. The van der Waals surface area contributed by atoms with Crippen molar-refractivity contribution in [1.82, 2.24) is 9.38 Å². The van der Waals surface area contributed by atoms with Crippen LogP contribution in [0, 0.1) is 18.3 Å². The molecule has 0 fully saturated rings. The Morgan fingerprint density at radius 1 is 1.23 bits per heavy atom. The second-order valence-electron chi connectivity index (χ2n) is 6.56. The summed E-state index contributed by atoms with van der Waals surface area (Å²) in [6.07, 6.45) is 2.43. The molecular formula is C18H19N3S. The van der Waals surface area contributed by atoms with E-state index in [4.69, 9.17) is 10.2 Å². The Hall–Kier alpha value is -2.12. The van der Waals surface area contributed by atoms with Crippen molar-refractivity contribution >= 4 is 16.3 Å². The van der Waals surface area contributed by atoms with Gasteiger partial charge in [0.15, 0.2) is 4.96 Å². The molecule has 0 saturated carbocycles. The Kier molecular flexibility index (Phi) is 3.54. The highest BCUT2D eigenvalue weighted by molar-refractivity contribution is 7.17. The number of hydrogen-bond donors (Lipinski definition) is 0. The van der Waals surface area contributed by atoms with Gasteiger partial charge in [-0.15, -0.1) is 11.3 Å². The summed E-state index contributed by atoms with van der Waals surface area (Å²) in [7, 11) is 0. The first-order valence-electron chi connectivity index (χ1n) is 7.35. The maximum absolute atomic E-state index is 9.14. The van der Waals surface area contributed by atoms with E-state index in [9.17, 15) is 0 Å². The van der Waals surface area contributed by atoms with Crippen LogP contribution in [0.2, 0.25) is 0 Å². The van der Waals surface area contributed by atoms with E-state index >= 15 is 0 Å². The average molecular weight is 309 g/mol. The zero-order chi connectivity index (χ0) is 15.9. The lowest BCUT2D eigenvalue weighted by molar-refractivity contribution is 0.590. The average Bonchev–Trinajstić information content (AvgIpc) is 2.96. The topological polar surface area (TPSA) is 41.1 Å². The van der Waals surface area contributed by atoms with Crippen molar-refractivity contribution in [3.63, 3.8) is 0 Å². The van der Waals surface area contributed by atoms with Crippen LogP contribution in [0.4, 0.5) is 0 Å². The fraction of sp³-hybridized carbons (Fsp3) is 0.333. The van der Waals surface area contributed by atoms with Crippen LogP contribution < -0.4 is 0 Å². The highest BCUT2D eigenvalue weighted by Crippen LogP contribution is 2.30. The number of rotatable bonds is 2. The number of hydrogen-bond acceptors (Lipinski definition) is 3. The van der Waals surface area contributed by atoms with Crippen LogP contribution >= 0.6 is 11.3 Å². The fourth-order valence-electron chi connectivity index (χ4n) is 2.60. The predicted octanol–water partition coefficient (Wildman–Crippen LogP) is 4.73. The third-order valence-corrected chi connectivity index (χ3v) is 4.71. The molecular weight excluding hydrogens is 290 g/mol. The molecule has 3 nitrogen and oxygen atoms in total. The Balaban J connectivity index is 2.11. The second-order valence-corrected chi connectivity index (χ2v) is 7.78. The maximum Gasteiger partial charge on any atom is 0.194 e. The summed E-state index contributed by atoms with van der Waals surface area (Å²) in [5, 5.41) is 9.14. The van der Waals surface area contributed by atoms with Crippen molar-refractivity contribution in [3.8, 4) is 17.3 Å². The van der Waals surface area contributed by atoms with Crippen molar-refractivity contribution in [2.75, 3.05) is 0 Å². The summed E-state index contributed by atoms with van der Waals surface area (Å²) in [6.45, 7) is 8.68. The largest absolute Gasteiger partial charge is 0.293 e. The third kappa shape index (κ3) is 2.53. The fourth-order valence-corrected chi connectivity index (χ4v) is 3.45.